The van der Waals surface area contributed by atoms with Crippen molar-refractivity contribution in [1.82, 2.24) is 4.90 Å². The van der Waals surface area contributed by atoms with Crippen molar-refractivity contribution < 1.29 is 14.3 Å². The second-order valence-electron chi connectivity index (χ2n) is 6.43. The molecule has 0 aromatic heterocycles. The molecule has 138 valence electrons. The molecule has 0 saturated carbocycles. The number of carbonyl (C=O) groups excluding carboxylic acids is 2. The van der Waals surface area contributed by atoms with Crippen LogP contribution in [0.2, 0.25) is 0 Å². The first-order valence-corrected chi connectivity index (χ1v) is 10.9. The quantitative estimate of drug-likeness (QED) is 0.393. The summed E-state index contributed by atoms with van der Waals surface area (Å²) in [5.74, 6) is 0.264. The smallest absolute Gasteiger partial charge is 0.356 e. The Labute approximate surface area is 170 Å². The summed E-state index contributed by atoms with van der Waals surface area (Å²) in [6.45, 7) is 0. The maximum absolute atomic E-state index is 13.2. The van der Waals surface area contributed by atoms with Crippen LogP contribution in [0, 0.1) is 0 Å². The Morgan fingerprint density at radius 3 is 2.22 bits per heavy atom. The van der Waals surface area contributed by atoms with Gasteiger partial charge in [-0.15, -0.1) is 11.8 Å². The zero-order chi connectivity index (χ0) is 18.8. The fraction of sp³-hybridized carbons (Fsp3) is 0.238. The zero-order valence-electron chi connectivity index (χ0n) is 14.5. The number of amides is 1. The van der Waals surface area contributed by atoms with Gasteiger partial charge in [-0.1, -0.05) is 76.6 Å². The number of carbonyl (C=O) groups is 2. The fourth-order valence-electron chi connectivity index (χ4n) is 3.32. The third-order valence-electron chi connectivity index (χ3n) is 4.72. The summed E-state index contributed by atoms with van der Waals surface area (Å²) < 4.78 is 5.97. The molecule has 6 heteroatoms. The molecule has 2 aromatic rings. The average molecular weight is 444 g/mol. The van der Waals surface area contributed by atoms with Gasteiger partial charge >= 0.3 is 5.97 Å². The van der Waals surface area contributed by atoms with Gasteiger partial charge in [0, 0.05) is 11.1 Å². The van der Waals surface area contributed by atoms with E-state index in [1.807, 2.05) is 60.7 Å². The van der Waals surface area contributed by atoms with Crippen LogP contribution in [0.1, 0.15) is 23.7 Å². The Kier molecular flexibility index (Phi) is 5.36. The highest BCUT2D eigenvalue weighted by Gasteiger charge is 2.46. The molecule has 1 fully saturated rings. The molecule has 1 saturated heterocycles. The van der Waals surface area contributed by atoms with Crippen LogP contribution in [0.3, 0.4) is 0 Å². The minimum atomic E-state index is -0.520. The number of β-lactam (4-membered cyclic amide) rings is 1. The van der Waals surface area contributed by atoms with E-state index in [0.717, 1.165) is 22.5 Å². The van der Waals surface area contributed by atoms with E-state index in [4.69, 9.17) is 4.74 Å². The Balaban J connectivity index is 1.67. The normalized spacial score (nSPS) is 19.0. The highest BCUT2D eigenvalue weighted by Crippen LogP contribution is 2.41. The number of hydrogen-bond donors (Lipinski definition) is 0. The van der Waals surface area contributed by atoms with E-state index in [-0.39, 0.29) is 11.3 Å². The fourth-order valence-corrected chi connectivity index (χ4v) is 5.31. The van der Waals surface area contributed by atoms with E-state index in [1.165, 1.54) is 0 Å². The first-order valence-electron chi connectivity index (χ1n) is 8.71. The first-order chi connectivity index (χ1) is 13.2. The summed E-state index contributed by atoms with van der Waals surface area (Å²) in [4.78, 5) is 26.9. The van der Waals surface area contributed by atoms with Gasteiger partial charge in [-0.25, -0.2) is 4.79 Å². The van der Waals surface area contributed by atoms with Crippen molar-refractivity contribution in [2.24, 2.45) is 0 Å². The van der Waals surface area contributed by atoms with E-state index >= 15 is 0 Å². The van der Waals surface area contributed by atoms with Gasteiger partial charge in [0.2, 0.25) is 5.91 Å². The minimum absolute atomic E-state index is 0.0198. The standard InChI is InChI=1S/C21H18BrNO3S/c22-12-16-13-27-18-11-17(24)23(18)19(16)21(25)26-20(14-7-3-1-4-8-14)15-9-5-2-6-10-15/h1-10,18,20H,11-13H2. The molecule has 1 atom stereocenters. The van der Waals surface area contributed by atoms with Crippen LogP contribution in [0.25, 0.3) is 0 Å². The largest absolute Gasteiger partial charge is 0.448 e. The molecule has 4 rings (SSSR count). The van der Waals surface area contributed by atoms with Gasteiger partial charge in [0.15, 0.2) is 6.10 Å². The van der Waals surface area contributed by atoms with Gasteiger partial charge in [0.05, 0.1) is 11.8 Å². The lowest BCUT2D eigenvalue weighted by Gasteiger charge is -2.44. The summed E-state index contributed by atoms with van der Waals surface area (Å²) in [6.07, 6.45) is -0.0361. The number of benzene rings is 2. The summed E-state index contributed by atoms with van der Waals surface area (Å²) in [5.41, 5.74) is 3.10. The van der Waals surface area contributed by atoms with E-state index in [0.29, 0.717) is 17.4 Å². The van der Waals surface area contributed by atoms with Crippen molar-refractivity contribution in [2.75, 3.05) is 11.1 Å². The molecule has 0 aliphatic carbocycles. The lowest BCUT2D eigenvalue weighted by atomic mass is 10.0. The number of fused-ring (bicyclic) bond motifs is 1. The van der Waals surface area contributed by atoms with E-state index in [2.05, 4.69) is 15.9 Å². The number of hydrogen-bond acceptors (Lipinski definition) is 4. The molecule has 2 heterocycles. The molecule has 2 aromatic carbocycles. The summed E-state index contributed by atoms with van der Waals surface area (Å²) in [7, 11) is 0. The number of halogens is 1. The molecule has 0 N–H and O–H groups in total. The molecule has 2 aliphatic rings. The topological polar surface area (TPSA) is 46.6 Å². The molecular formula is C21H18BrNO3S. The van der Waals surface area contributed by atoms with Crippen LogP contribution >= 0.6 is 27.7 Å². The van der Waals surface area contributed by atoms with Gasteiger partial charge in [-0.2, -0.15) is 0 Å². The summed E-state index contributed by atoms with van der Waals surface area (Å²) >= 11 is 5.14. The molecule has 2 aliphatic heterocycles. The predicted molar refractivity (Wildman–Crippen MR) is 109 cm³/mol. The maximum Gasteiger partial charge on any atom is 0.356 e. The Morgan fingerprint density at radius 1 is 1.11 bits per heavy atom. The van der Waals surface area contributed by atoms with Crippen molar-refractivity contribution in [2.45, 2.75) is 17.9 Å². The van der Waals surface area contributed by atoms with Crippen molar-refractivity contribution in [3.8, 4) is 0 Å². The first kappa shape index (κ1) is 18.3. The number of nitrogens with zero attached hydrogens (tertiary/aromatic N) is 1. The average Bonchev–Trinajstić information content (AvgIpc) is 2.71. The SMILES string of the molecule is O=C(OC(c1ccccc1)c1ccccc1)C1=C(CBr)CSC2CC(=O)N12. The lowest BCUT2D eigenvalue weighted by Crippen LogP contribution is -2.54. The van der Waals surface area contributed by atoms with E-state index in [9.17, 15) is 9.59 Å². The van der Waals surface area contributed by atoms with Gasteiger partial charge in [-0.3, -0.25) is 9.69 Å². The van der Waals surface area contributed by atoms with Crippen LogP contribution in [0.15, 0.2) is 71.9 Å². The Hall–Kier alpha value is -2.05. The predicted octanol–water partition coefficient (Wildman–Crippen LogP) is 4.27. The second kappa shape index (κ2) is 7.90. The Morgan fingerprint density at radius 2 is 1.70 bits per heavy atom. The summed E-state index contributed by atoms with van der Waals surface area (Å²) in [6, 6.07) is 19.3. The van der Waals surface area contributed by atoms with Crippen LogP contribution in [-0.4, -0.2) is 33.2 Å². The minimum Gasteiger partial charge on any atom is -0.448 e. The number of thioether (sulfide) groups is 1. The number of esters is 1. The summed E-state index contributed by atoms with van der Waals surface area (Å²) in [5, 5.41) is 0.595. The van der Waals surface area contributed by atoms with Gasteiger partial charge in [0.25, 0.3) is 0 Å². The van der Waals surface area contributed by atoms with Gasteiger partial charge in [0.1, 0.15) is 5.70 Å². The number of ether oxygens (including phenoxy) is 1. The zero-order valence-corrected chi connectivity index (χ0v) is 16.9. The van der Waals surface area contributed by atoms with Crippen molar-refractivity contribution in [3.63, 3.8) is 0 Å². The third-order valence-corrected chi connectivity index (χ3v) is 6.67. The van der Waals surface area contributed by atoms with Crippen molar-refractivity contribution >= 4 is 39.6 Å². The lowest BCUT2D eigenvalue weighted by molar-refractivity contribution is -0.151. The Bertz CT molecular complexity index is 845. The van der Waals surface area contributed by atoms with Crippen LogP contribution < -0.4 is 0 Å². The maximum atomic E-state index is 13.2. The van der Waals surface area contributed by atoms with Crippen LogP contribution in [0.5, 0.6) is 0 Å². The number of rotatable bonds is 5. The molecule has 0 bridgehead atoms. The van der Waals surface area contributed by atoms with Crippen LogP contribution in [0.4, 0.5) is 0 Å². The molecule has 1 amide bonds. The molecule has 27 heavy (non-hydrogen) atoms. The number of alkyl halides is 1. The van der Waals surface area contributed by atoms with Gasteiger partial charge < -0.3 is 4.74 Å². The monoisotopic (exact) mass is 443 g/mol. The molecule has 4 nitrogen and oxygen atoms in total. The third kappa shape index (κ3) is 3.56. The molecule has 1 unspecified atom stereocenters. The molecular weight excluding hydrogens is 426 g/mol. The second-order valence-corrected chi connectivity index (χ2v) is 8.15. The van der Waals surface area contributed by atoms with Crippen molar-refractivity contribution in [1.29, 1.82) is 0 Å². The molecule has 0 spiro atoms. The van der Waals surface area contributed by atoms with E-state index in [1.54, 1.807) is 16.7 Å². The highest BCUT2D eigenvalue weighted by molar-refractivity contribution is 9.09. The molecule has 0 radical (unpaired) electrons. The highest BCUT2D eigenvalue weighted by atomic mass is 79.9. The van der Waals surface area contributed by atoms with Crippen molar-refractivity contribution in [3.05, 3.63) is 83.1 Å². The van der Waals surface area contributed by atoms with Gasteiger partial charge in [-0.05, 0) is 16.7 Å². The van der Waals surface area contributed by atoms with Crippen LogP contribution in [-0.2, 0) is 14.3 Å². The van der Waals surface area contributed by atoms with E-state index < -0.39 is 12.1 Å².